The molecule has 33 heavy (non-hydrogen) atoms. The van der Waals surface area contributed by atoms with Crippen LogP contribution in [0.25, 0.3) is 0 Å². The van der Waals surface area contributed by atoms with Crippen molar-refractivity contribution < 1.29 is 22.7 Å². The van der Waals surface area contributed by atoms with Crippen LogP contribution in [0, 0.1) is 13.8 Å². The minimum absolute atomic E-state index is 0.0631. The van der Waals surface area contributed by atoms with Gasteiger partial charge in [-0.2, -0.15) is 4.31 Å². The molecule has 2 heterocycles. The third-order valence-corrected chi connectivity index (χ3v) is 8.08. The summed E-state index contributed by atoms with van der Waals surface area (Å²) in [5.41, 5.74) is 2.26. The molecule has 1 aromatic carbocycles. The van der Waals surface area contributed by atoms with Gasteiger partial charge in [-0.3, -0.25) is 4.79 Å². The summed E-state index contributed by atoms with van der Waals surface area (Å²) >= 11 is 6.18. The number of esters is 1. The van der Waals surface area contributed by atoms with E-state index in [-0.39, 0.29) is 15.6 Å². The Kier molecular flexibility index (Phi) is 8.20. The maximum absolute atomic E-state index is 13.0. The van der Waals surface area contributed by atoms with Crippen LogP contribution < -0.4 is 5.32 Å². The van der Waals surface area contributed by atoms with E-state index in [9.17, 15) is 18.0 Å². The van der Waals surface area contributed by atoms with Crippen LogP contribution in [0.15, 0.2) is 29.2 Å². The number of hydrogen-bond donors (Lipinski definition) is 1. The van der Waals surface area contributed by atoms with E-state index in [0.29, 0.717) is 18.7 Å². The molecule has 0 atom stereocenters. The fourth-order valence-corrected chi connectivity index (χ4v) is 5.79. The van der Waals surface area contributed by atoms with Crippen LogP contribution in [-0.2, 0) is 26.1 Å². The molecule has 10 heteroatoms. The lowest BCUT2D eigenvalue weighted by Gasteiger charge is -2.20. The third kappa shape index (κ3) is 5.77. The van der Waals surface area contributed by atoms with E-state index in [1.165, 1.54) is 22.5 Å². The molecule has 1 aromatic heterocycles. The smallest absolute Gasteiger partial charge is 0.340 e. The number of aromatic nitrogens is 1. The monoisotopic (exact) mass is 495 g/mol. The number of sulfonamides is 1. The lowest BCUT2D eigenvalue weighted by molar-refractivity contribution is -0.119. The number of amides is 1. The molecule has 1 aliphatic heterocycles. The Morgan fingerprint density at radius 2 is 1.76 bits per heavy atom. The van der Waals surface area contributed by atoms with Crippen molar-refractivity contribution in [2.75, 3.05) is 25.0 Å². The lowest BCUT2D eigenvalue weighted by atomic mass is 10.2. The van der Waals surface area contributed by atoms with Gasteiger partial charge in [-0.05, 0) is 57.9 Å². The van der Waals surface area contributed by atoms with Crippen molar-refractivity contribution in [3.8, 4) is 0 Å². The molecule has 3 rings (SSSR count). The molecule has 0 bridgehead atoms. The first-order valence-electron chi connectivity index (χ1n) is 11.1. The van der Waals surface area contributed by atoms with Crippen molar-refractivity contribution in [2.24, 2.45) is 0 Å². The van der Waals surface area contributed by atoms with Crippen molar-refractivity contribution in [2.45, 2.75) is 57.9 Å². The average Bonchev–Trinajstić information content (AvgIpc) is 2.95. The molecule has 0 radical (unpaired) electrons. The Balaban J connectivity index is 1.68. The number of halogens is 1. The summed E-state index contributed by atoms with van der Waals surface area (Å²) < 4.78 is 34.7. The van der Waals surface area contributed by atoms with Gasteiger partial charge >= 0.3 is 5.97 Å². The van der Waals surface area contributed by atoms with Gasteiger partial charge in [0.2, 0.25) is 10.0 Å². The molecule has 1 amide bonds. The van der Waals surface area contributed by atoms with E-state index in [2.05, 4.69) is 5.32 Å². The number of hydrogen-bond acceptors (Lipinski definition) is 5. The van der Waals surface area contributed by atoms with Gasteiger partial charge in [0, 0.05) is 31.0 Å². The minimum Gasteiger partial charge on any atom is -0.452 e. The summed E-state index contributed by atoms with van der Waals surface area (Å²) in [6.07, 6.45) is 3.66. The molecule has 2 aromatic rings. The Morgan fingerprint density at radius 1 is 1.09 bits per heavy atom. The zero-order valence-electron chi connectivity index (χ0n) is 19.2. The highest BCUT2D eigenvalue weighted by molar-refractivity contribution is 7.89. The number of aryl methyl sites for hydroxylation is 1. The SMILES string of the molecule is CCn1c(C)cc(C(=O)OCC(=O)Nc2cc(S(=O)(=O)N3CCCCCC3)ccc2Cl)c1C. The molecule has 1 aliphatic rings. The van der Waals surface area contributed by atoms with Crippen molar-refractivity contribution in [1.82, 2.24) is 8.87 Å². The number of nitrogens with zero attached hydrogens (tertiary/aromatic N) is 2. The van der Waals surface area contributed by atoms with Gasteiger partial charge in [0.15, 0.2) is 6.61 Å². The Morgan fingerprint density at radius 3 is 2.36 bits per heavy atom. The van der Waals surface area contributed by atoms with Gasteiger partial charge in [-0.15, -0.1) is 0 Å². The van der Waals surface area contributed by atoms with Gasteiger partial charge in [0.05, 0.1) is 21.2 Å². The number of carbonyl (C=O) groups is 2. The molecule has 0 spiro atoms. The second-order valence-corrected chi connectivity index (χ2v) is 10.5. The highest BCUT2D eigenvalue weighted by atomic mass is 35.5. The standard InChI is InChI=1S/C23H30ClN3O5S/c1-4-27-16(2)13-19(17(27)3)23(29)32-15-22(28)25-21-14-18(9-10-20(21)24)33(30,31)26-11-7-5-6-8-12-26/h9-10,13-14H,4-8,11-12,15H2,1-3H3,(H,25,28). The van der Waals surface area contributed by atoms with Crippen LogP contribution in [0.2, 0.25) is 5.02 Å². The van der Waals surface area contributed by atoms with Crippen LogP contribution in [-0.4, -0.2) is 48.9 Å². The Bertz CT molecular complexity index is 1140. The molecule has 1 saturated heterocycles. The van der Waals surface area contributed by atoms with Crippen LogP contribution in [0.3, 0.4) is 0 Å². The van der Waals surface area contributed by atoms with Crippen molar-refractivity contribution in [3.05, 3.63) is 46.2 Å². The molecule has 1 fully saturated rings. The fraction of sp³-hybridized carbons (Fsp3) is 0.478. The first kappa shape index (κ1) is 25.3. The predicted octanol–water partition coefficient (Wildman–Crippen LogP) is 4.14. The largest absolute Gasteiger partial charge is 0.452 e. The van der Waals surface area contributed by atoms with E-state index in [0.717, 1.165) is 43.6 Å². The number of benzene rings is 1. The summed E-state index contributed by atoms with van der Waals surface area (Å²) in [5.74, 6) is -1.21. The summed E-state index contributed by atoms with van der Waals surface area (Å²) in [4.78, 5) is 24.9. The Hall–Kier alpha value is -2.36. The Labute approximate surface area is 199 Å². The van der Waals surface area contributed by atoms with Crippen molar-refractivity contribution >= 4 is 39.2 Å². The molecule has 8 nitrogen and oxygen atoms in total. The second-order valence-electron chi connectivity index (χ2n) is 8.11. The first-order chi connectivity index (χ1) is 15.6. The first-order valence-corrected chi connectivity index (χ1v) is 12.9. The number of rotatable bonds is 7. The number of carbonyl (C=O) groups excluding carboxylic acids is 2. The average molecular weight is 496 g/mol. The number of ether oxygens (including phenoxy) is 1. The summed E-state index contributed by atoms with van der Waals surface area (Å²) in [6.45, 7) is 6.85. The van der Waals surface area contributed by atoms with E-state index < -0.39 is 28.5 Å². The normalized spacial score (nSPS) is 15.2. The fourth-order valence-electron chi connectivity index (χ4n) is 4.08. The molecular formula is C23H30ClN3O5S. The van der Waals surface area contributed by atoms with E-state index in [1.54, 1.807) is 6.07 Å². The summed E-state index contributed by atoms with van der Waals surface area (Å²) in [6, 6.07) is 5.94. The summed E-state index contributed by atoms with van der Waals surface area (Å²) in [7, 11) is -3.70. The van der Waals surface area contributed by atoms with E-state index in [1.807, 2.05) is 25.3 Å². The third-order valence-electron chi connectivity index (χ3n) is 5.86. The highest BCUT2D eigenvalue weighted by Gasteiger charge is 2.26. The summed E-state index contributed by atoms with van der Waals surface area (Å²) in [5, 5.41) is 2.74. The maximum atomic E-state index is 13.0. The zero-order valence-corrected chi connectivity index (χ0v) is 20.8. The van der Waals surface area contributed by atoms with Gasteiger partial charge in [0.25, 0.3) is 5.91 Å². The number of anilines is 1. The quantitative estimate of drug-likeness (QED) is 0.582. The van der Waals surface area contributed by atoms with Gasteiger partial charge < -0.3 is 14.6 Å². The second kappa shape index (κ2) is 10.7. The van der Waals surface area contributed by atoms with Gasteiger partial charge in [0.1, 0.15) is 0 Å². The topological polar surface area (TPSA) is 97.7 Å². The van der Waals surface area contributed by atoms with Crippen LogP contribution in [0.5, 0.6) is 0 Å². The maximum Gasteiger partial charge on any atom is 0.340 e. The van der Waals surface area contributed by atoms with E-state index in [4.69, 9.17) is 16.3 Å². The zero-order chi connectivity index (χ0) is 24.2. The van der Waals surface area contributed by atoms with Crippen LogP contribution in [0.4, 0.5) is 5.69 Å². The van der Waals surface area contributed by atoms with E-state index >= 15 is 0 Å². The minimum atomic E-state index is -3.70. The molecular weight excluding hydrogens is 466 g/mol. The number of nitrogens with one attached hydrogen (secondary N) is 1. The van der Waals surface area contributed by atoms with Crippen LogP contribution in [0.1, 0.15) is 54.4 Å². The molecule has 180 valence electrons. The van der Waals surface area contributed by atoms with Crippen molar-refractivity contribution in [1.29, 1.82) is 0 Å². The molecule has 0 aliphatic carbocycles. The highest BCUT2D eigenvalue weighted by Crippen LogP contribution is 2.28. The predicted molar refractivity (Wildman–Crippen MR) is 127 cm³/mol. The van der Waals surface area contributed by atoms with Crippen LogP contribution >= 0.6 is 11.6 Å². The van der Waals surface area contributed by atoms with Crippen molar-refractivity contribution in [3.63, 3.8) is 0 Å². The molecule has 1 N–H and O–H groups in total. The van der Waals surface area contributed by atoms with Gasteiger partial charge in [-0.1, -0.05) is 24.4 Å². The van der Waals surface area contributed by atoms with Gasteiger partial charge in [-0.25, -0.2) is 13.2 Å². The lowest BCUT2D eigenvalue weighted by Crippen LogP contribution is -2.32. The molecule has 0 unspecified atom stereocenters. The molecule has 0 saturated carbocycles.